The number of morpholine rings is 1. The summed E-state index contributed by atoms with van der Waals surface area (Å²) in [6.07, 6.45) is 1.57. The van der Waals surface area contributed by atoms with Gasteiger partial charge in [0.2, 0.25) is 0 Å². The standard InChI is InChI=1S/C34H39N3O5/c1-24-7-6-10-26(19-24)29-21-37-14-13-28-27(31(37)20-30(29)35-42-22-25-8-4-3-5-9-25)11-12-32(39-2)34(28)41-23-33(38)36-15-17-40-18-16-36/h3-12,19,29,31H,13-18,20-23H2,1-2H3/t29-,31+/m1/s1. The Kier molecular flexibility index (Phi) is 8.72. The second-order valence-electron chi connectivity index (χ2n) is 11.2. The molecule has 1 amide bonds. The Bertz CT molecular complexity index is 1420. The first-order valence-electron chi connectivity index (χ1n) is 14.8. The van der Waals surface area contributed by atoms with Gasteiger partial charge in [-0.3, -0.25) is 9.69 Å². The van der Waals surface area contributed by atoms with Gasteiger partial charge < -0.3 is 23.9 Å². The van der Waals surface area contributed by atoms with Crippen LogP contribution in [0.25, 0.3) is 0 Å². The van der Waals surface area contributed by atoms with E-state index in [0.29, 0.717) is 44.4 Å². The van der Waals surface area contributed by atoms with Gasteiger partial charge in [0.15, 0.2) is 18.1 Å². The fourth-order valence-corrected chi connectivity index (χ4v) is 6.34. The molecule has 3 aromatic rings. The molecule has 0 unspecified atom stereocenters. The van der Waals surface area contributed by atoms with Gasteiger partial charge >= 0.3 is 0 Å². The van der Waals surface area contributed by atoms with Gasteiger partial charge in [0, 0.05) is 50.1 Å². The number of rotatable bonds is 8. The minimum atomic E-state index is -0.0287. The van der Waals surface area contributed by atoms with Crippen LogP contribution in [0.5, 0.6) is 11.5 Å². The third-order valence-electron chi connectivity index (χ3n) is 8.56. The summed E-state index contributed by atoms with van der Waals surface area (Å²) in [6, 6.07) is 23.1. The number of benzene rings is 3. The van der Waals surface area contributed by atoms with E-state index in [1.807, 2.05) is 24.3 Å². The molecule has 0 bridgehead atoms. The first-order chi connectivity index (χ1) is 20.6. The van der Waals surface area contributed by atoms with Crippen molar-refractivity contribution in [3.63, 3.8) is 0 Å². The summed E-state index contributed by atoms with van der Waals surface area (Å²) in [5.41, 5.74) is 6.96. The average Bonchev–Trinajstić information content (AvgIpc) is 3.03. The lowest BCUT2D eigenvalue weighted by atomic mass is 9.79. The zero-order chi connectivity index (χ0) is 28.9. The summed E-state index contributed by atoms with van der Waals surface area (Å²) in [6.45, 7) is 6.62. The number of nitrogens with zero attached hydrogens (tertiary/aromatic N) is 3. The van der Waals surface area contributed by atoms with Crippen LogP contribution in [0, 0.1) is 6.92 Å². The van der Waals surface area contributed by atoms with Gasteiger partial charge in [0.25, 0.3) is 5.91 Å². The summed E-state index contributed by atoms with van der Waals surface area (Å²) >= 11 is 0. The molecule has 3 aromatic carbocycles. The molecule has 0 aromatic heterocycles. The van der Waals surface area contributed by atoms with E-state index in [1.165, 1.54) is 16.7 Å². The largest absolute Gasteiger partial charge is 0.493 e. The number of aryl methyl sites for hydroxylation is 1. The van der Waals surface area contributed by atoms with E-state index >= 15 is 0 Å². The van der Waals surface area contributed by atoms with E-state index < -0.39 is 0 Å². The number of oxime groups is 1. The van der Waals surface area contributed by atoms with Crippen molar-refractivity contribution in [2.75, 3.05) is 53.1 Å². The van der Waals surface area contributed by atoms with Crippen molar-refractivity contribution in [3.05, 3.63) is 94.5 Å². The highest BCUT2D eigenvalue weighted by Gasteiger charge is 2.39. The SMILES string of the molecule is COc1ccc2c(c1OCC(=O)N1CCOCC1)CCN1C[C@H](c3cccc(C)c3)C(=NOCc3ccccc3)C[C@@H]21. The number of methoxy groups -OCH3 is 1. The van der Waals surface area contributed by atoms with Crippen LogP contribution in [0.15, 0.2) is 71.9 Å². The number of carbonyl (C=O) groups excluding carboxylic acids is 1. The molecule has 6 rings (SSSR count). The van der Waals surface area contributed by atoms with E-state index in [0.717, 1.165) is 42.8 Å². The minimum absolute atomic E-state index is 0.0172. The minimum Gasteiger partial charge on any atom is -0.493 e. The first-order valence-corrected chi connectivity index (χ1v) is 14.8. The smallest absolute Gasteiger partial charge is 0.260 e. The Morgan fingerprint density at radius 1 is 1.02 bits per heavy atom. The van der Waals surface area contributed by atoms with Crippen molar-refractivity contribution in [1.29, 1.82) is 0 Å². The highest BCUT2D eigenvalue weighted by molar-refractivity contribution is 5.92. The normalized spacial score (nSPS) is 21.4. The quantitative estimate of drug-likeness (QED) is 0.360. The highest BCUT2D eigenvalue weighted by Crippen LogP contribution is 2.45. The number of amides is 1. The monoisotopic (exact) mass is 569 g/mol. The van der Waals surface area contributed by atoms with Crippen LogP contribution in [-0.2, 0) is 27.4 Å². The van der Waals surface area contributed by atoms with Crippen LogP contribution in [0.1, 0.15) is 46.2 Å². The maximum atomic E-state index is 12.9. The van der Waals surface area contributed by atoms with E-state index in [9.17, 15) is 4.79 Å². The van der Waals surface area contributed by atoms with Gasteiger partial charge in [-0.2, -0.15) is 0 Å². The van der Waals surface area contributed by atoms with Crippen molar-refractivity contribution in [2.24, 2.45) is 5.16 Å². The summed E-state index contributed by atoms with van der Waals surface area (Å²) in [7, 11) is 1.65. The molecule has 8 heteroatoms. The number of hydrogen-bond acceptors (Lipinski definition) is 7. The molecule has 2 atom stereocenters. The van der Waals surface area contributed by atoms with Crippen molar-refractivity contribution in [1.82, 2.24) is 9.80 Å². The summed E-state index contributed by atoms with van der Waals surface area (Å²) in [5.74, 6) is 1.46. The van der Waals surface area contributed by atoms with Crippen LogP contribution >= 0.6 is 0 Å². The van der Waals surface area contributed by atoms with Gasteiger partial charge in [-0.05, 0) is 36.1 Å². The molecule has 3 heterocycles. The number of piperidine rings is 1. The van der Waals surface area contributed by atoms with Crippen LogP contribution < -0.4 is 9.47 Å². The molecule has 2 fully saturated rings. The van der Waals surface area contributed by atoms with E-state index in [-0.39, 0.29) is 24.5 Å². The molecule has 0 spiro atoms. The van der Waals surface area contributed by atoms with Gasteiger partial charge in [0.1, 0.15) is 6.61 Å². The van der Waals surface area contributed by atoms with Crippen LogP contribution in [0.4, 0.5) is 0 Å². The molecule has 2 saturated heterocycles. The fourth-order valence-electron chi connectivity index (χ4n) is 6.34. The maximum Gasteiger partial charge on any atom is 0.260 e. The first kappa shape index (κ1) is 28.2. The van der Waals surface area contributed by atoms with E-state index in [2.05, 4.69) is 54.3 Å². The molecule has 0 aliphatic carbocycles. The molecule has 3 aliphatic heterocycles. The lowest BCUT2D eigenvalue weighted by Crippen LogP contribution is -2.45. The zero-order valence-electron chi connectivity index (χ0n) is 24.5. The third kappa shape index (κ3) is 6.15. The lowest BCUT2D eigenvalue weighted by molar-refractivity contribution is -0.137. The maximum absolute atomic E-state index is 12.9. The second-order valence-corrected chi connectivity index (χ2v) is 11.2. The topological polar surface area (TPSA) is 72.8 Å². The van der Waals surface area contributed by atoms with Gasteiger partial charge in [0.05, 0.1) is 26.0 Å². The van der Waals surface area contributed by atoms with Crippen molar-refractivity contribution in [3.8, 4) is 11.5 Å². The molecule has 8 nitrogen and oxygen atoms in total. The van der Waals surface area contributed by atoms with Crippen molar-refractivity contribution < 1.29 is 23.8 Å². The Morgan fingerprint density at radius 2 is 1.86 bits per heavy atom. The Labute approximate surface area is 247 Å². The van der Waals surface area contributed by atoms with Gasteiger partial charge in [-0.1, -0.05) is 71.4 Å². The molecule has 0 saturated carbocycles. The van der Waals surface area contributed by atoms with Gasteiger partial charge in [-0.15, -0.1) is 0 Å². The molecule has 220 valence electrons. The molecule has 0 N–H and O–H groups in total. The van der Waals surface area contributed by atoms with Crippen LogP contribution in [0.3, 0.4) is 0 Å². The van der Waals surface area contributed by atoms with Crippen LogP contribution in [-0.4, -0.2) is 74.5 Å². The summed E-state index contributed by atoms with van der Waals surface area (Å²) in [5, 5.41) is 4.77. The lowest BCUT2D eigenvalue weighted by Gasteiger charge is -2.44. The van der Waals surface area contributed by atoms with E-state index in [1.54, 1.807) is 12.0 Å². The highest BCUT2D eigenvalue weighted by atomic mass is 16.6. The predicted octanol–water partition coefficient (Wildman–Crippen LogP) is 4.90. The predicted molar refractivity (Wildman–Crippen MR) is 161 cm³/mol. The molecule has 0 radical (unpaired) electrons. The fraction of sp³-hybridized carbons (Fsp3) is 0.412. The zero-order valence-corrected chi connectivity index (χ0v) is 24.5. The molecular weight excluding hydrogens is 530 g/mol. The van der Waals surface area contributed by atoms with E-state index in [4.69, 9.17) is 24.2 Å². The third-order valence-corrected chi connectivity index (χ3v) is 8.56. The molecular formula is C34H39N3O5. The molecule has 42 heavy (non-hydrogen) atoms. The Balaban J connectivity index is 1.26. The Morgan fingerprint density at radius 3 is 2.64 bits per heavy atom. The number of ether oxygens (including phenoxy) is 3. The van der Waals surface area contributed by atoms with Crippen LogP contribution in [0.2, 0.25) is 0 Å². The van der Waals surface area contributed by atoms with Gasteiger partial charge in [-0.25, -0.2) is 0 Å². The number of hydrogen-bond donors (Lipinski definition) is 0. The number of fused-ring (bicyclic) bond motifs is 3. The van der Waals surface area contributed by atoms with Crippen molar-refractivity contribution in [2.45, 2.75) is 38.3 Å². The summed E-state index contributed by atoms with van der Waals surface area (Å²) in [4.78, 5) is 23.2. The summed E-state index contributed by atoms with van der Waals surface area (Å²) < 4.78 is 17.3. The average molecular weight is 570 g/mol. The Hall–Kier alpha value is -3.88. The second kappa shape index (κ2) is 13.0. The number of carbonyl (C=O) groups is 1. The molecule has 3 aliphatic rings. The van der Waals surface area contributed by atoms with Crippen molar-refractivity contribution >= 4 is 11.6 Å².